The minimum atomic E-state index is -0.506. The molecule has 0 radical (unpaired) electrons. The lowest BCUT2D eigenvalue weighted by atomic mass is 10.1. The molecule has 1 aromatic carbocycles. The fraction of sp³-hybridized carbons (Fsp3) is 0.417. The Morgan fingerprint density at radius 2 is 2.00 bits per heavy atom. The van der Waals surface area contributed by atoms with Gasteiger partial charge >= 0.3 is 0 Å². The largest absolute Gasteiger partial charge is 0.285 e. The van der Waals surface area contributed by atoms with E-state index >= 15 is 0 Å². The fourth-order valence-corrected chi connectivity index (χ4v) is 2.44. The molecule has 0 saturated carbocycles. The van der Waals surface area contributed by atoms with Crippen LogP contribution >= 0.6 is 15.9 Å². The Kier molecular flexibility index (Phi) is 4.12. The molecule has 1 saturated heterocycles. The van der Waals surface area contributed by atoms with Gasteiger partial charge in [-0.25, -0.2) is 9.40 Å². The summed E-state index contributed by atoms with van der Waals surface area (Å²) in [4.78, 5) is 11.9. The fourth-order valence-electron chi connectivity index (χ4n) is 1.92. The van der Waals surface area contributed by atoms with Crippen LogP contribution in [0.2, 0.25) is 0 Å². The van der Waals surface area contributed by atoms with Crippen molar-refractivity contribution in [3.63, 3.8) is 0 Å². The van der Waals surface area contributed by atoms with E-state index in [-0.39, 0.29) is 5.56 Å². The highest BCUT2D eigenvalue weighted by Crippen LogP contribution is 2.19. The third kappa shape index (κ3) is 3.04. The van der Waals surface area contributed by atoms with Crippen LogP contribution in [0.5, 0.6) is 0 Å². The zero-order valence-corrected chi connectivity index (χ0v) is 11.0. The summed E-state index contributed by atoms with van der Waals surface area (Å²) in [6.07, 6.45) is 3.33. The Labute approximate surface area is 108 Å². The average Bonchev–Trinajstić information content (AvgIpc) is 2.30. The SMILES string of the molecule is O=C(NN1CCCCC1)c1c(F)cccc1Br. The summed E-state index contributed by atoms with van der Waals surface area (Å²) in [6, 6.07) is 4.52. The topological polar surface area (TPSA) is 32.3 Å². The van der Waals surface area contributed by atoms with Crippen molar-refractivity contribution in [3.05, 3.63) is 34.1 Å². The summed E-state index contributed by atoms with van der Waals surface area (Å²) in [6.45, 7) is 1.66. The average molecular weight is 301 g/mol. The number of carbonyl (C=O) groups is 1. The second kappa shape index (κ2) is 5.60. The van der Waals surface area contributed by atoms with Gasteiger partial charge in [-0.15, -0.1) is 0 Å². The quantitative estimate of drug-likeness (QED) is 0.911. The minimum absolute atomic E-state index is 0.0677. The predicted octanol–water partition coefficient (Wildman–Crippen LogP) is 2.72. The number of hydrogen-bond acceptors (Lipinski definition) is 2. The Morgan fingerprint density at radius 3 is 2.65 bits per heavy atom. The Balaban J connectivity index is 2.08. The van der Waals surface area contributed by atoms with Crippen LogP contribution < -0.4 is 5.43 Å². The number of carbonyl (C=O) groups excluding carboxylic acids is 1. The Hall–Kier alpha value is -0.940. The molecule has 3 nitrogen and oxygen atoms in total. The van der Waals surface area contributed by atoms with Crippen molar-refractivity contribution in [2.24, 2.45) is 0 Å². The normalized spacial score (nSPS) is 16.8. The van der Waals surface area contributed by atoms with Crippen molar-refractivity contribution >= 4 is 21.8 Å². The summed E-state index contributed by atoms with van der Waals surface area (Å²) in [7, 11) is 0. The molecule has 0 aromatic heterocycles. The molecule has 5 heteroatoms. The standard InChI is InChI=1S/C12H14BrFN2O/c13-9-5-4-6-10(14)11(9)12(17)15-16-7-2-1-3-8-16/h4-6H,1-3,7-8H2,(H,15,17). The maximum atomic E-state index is 13.5. The van der Waals surface area contributed by atoms with Gasteiger partial charge in [0.1, 0.15) is 5.82 Å². The van der Waals surface area contributed by atoms with Gasteiger partial charge in [0.25, 0.3) is 5.91 Å². The van der Waals surface area contributed by atoms with Gasteiger partial charge in [-0.05, 0) is 40.9 Å². The molecule has 1 fully saturated rings. The first-order valence-corrected chi connectivity index (χ1v) is 6.48. The lowest BCUT2D eigenvalue weighted by Crippen LogP contribution is -2.45. The van der Waals surface area contributed by atoms with Gasteiger partial charge in [0.15, 0.2) is 0 Å². The van der Waals surface area contributed by atoms with E-state index in [2.05, 4.69) is 21.4 Å². The van der Waals surface area contributed by atoms with E-state index in [1.165, 1.54) is 12.5 Å². The maximum absolute atomic E-state index is 13.5. The van der Waals surface area contributed by atoms with Crippen molar-refractivity contribution in [3.8, 4) is 0 Å². The number of benzene rings is 1. The van der Waals surface area contributed by atoms with E-state index in [0.29, 0.717) is 4.47 Å². The molecular weight excluding hydrogens is 287 g/mol. The van der Waals surface area contributed by atoms with Crippen LogP contribution in [-0.4, -0.2) is 24.0 Å². The number of halogens is 2. The van der Waals surface area contributed by atoms with Crippen molar-refractivity contribution in [2.45, 2.75) is 19.3 Å². The molecule has 1 aliphatic rings. The van der Waals surface area contributed by atoms with Crippen LogP contribution in [-0.2, 0) is 0 Å². The van der Waals surface area contributed by atoms with Gasteiger partial charge < -0.3 is 0 Å². The molecule has 0 atom stereocenters. The van der Waals surface area contributed by atoms with E-state index < -0.39 is 11.7 Å². The number of hydrogen-bond donors (Lipinski definition) is 1. The molecule has 0 unspecified atom stereocenters. The Morgan fingerprint density at radius 1 is 1.29 bits per heavy atom. The number of piperidine rings is 1. The molecule has 1 heterocycles. The van der Waals surface area contributed by atoms with E-state index in [1.807, 2.05) is 5.01 Å². The molecule has 1 aromatic rings. The highest BCUT2D eigenvalue weighted by Gasteiger charge is 2.18. The Bertz CT molecular complexity index is 399. The highest BCUT2D eigenvalue weighted by atomic mass is 79.9. The summed E-state index contributed by atoms with van der Waals surface area (Å²) in [5.74, 6) is -0.897. The van der Waals surface area contributed by atoms with Crippen molar-refractivity contribution < 1.29 is 9.18 Å². The molecule has 1 amide bonds. The first kappa shape index (κ1) is 12.5. The first-order valence-electron chi connectivity index (χ1n) is 5.68. The van der Waals surface area contributed by atoms with Crippen molar-refractivity contribution in [1.29, 1.82) is 0 Å². The minimum Gasteiger partial charge on any atom is -0.285 e. The molecule has 1 N–H and O–H groups in total. The molecule has 0 aliphatic carbocycles. The molecule has 0 spiro atoms. The van der Waals surface area contributed by atoms with Crippen LogP contribution in [0.15, 0.2) is 22.7 Å². The summed E-state index contributed by atoms with van der Waals surface area (Å²) in [5, 5.41) is 1.85. The number of nitrogens with zero attached hydrogens (tertiary/aromatic N) is 1. The second-order valence-corrected chi connectivity index (χ2v) is 4.94. The molecule has 2 rings (SSSR count). The smallest absolute Gasteiger partial charge is 0.269 e. The van der Waals surface area contributed by atoms with Crippen LogP contribution in [0.3, 0.4) is 0 Å². The molecule has 17 heavy (non-hydrogen) atoms. The number of amides is 1. The van der Waals surface area contributed by atoms with Crippen molar-refractivity contribution in [1.82, 2.24) is 10.4 Å². The van der Waals surface area contributed by atoms with Gasteiger partial charge in [0, 0.05) is 17.6 Å². The molecule has 92 valence electrons. The predicted molar refractivity (Wildman–Crippen MR) is 67.0 cm³/mol. The van der Waals surface area contributed by atoms with E-state index in [1.54, 1.807) is 12.1 Å². The third-order valence-electron chi connectivity index (χ3n) is 2.81. The van der Waals surface area contributed by atoms with Crippen LogP contribution in [0, 0.1) is 5.82 Å². The molecule has 1 aliphatic heterocycles. The second-order valence-electron chi connectivity index (χ2n) is 4.09. The van der Waals surface area contributed by atoms with E-state index in [4.69, 9.17) is 0 Å². The lowest BCUT2D eigenvalue weighted by Gasteiger charge is -2.27. The summed E-state index contributed by atoms with van der Waals surface area (Å²) < 4.78 is 14.0. The van der Waals surface area contributed by atoms with Crippen LogP contribution in [0.25, 0.3) is 0 Å². The molecular formula is C12H14BrFN2O. The van der Waals surface area contributed by atoms with Gasteiger partial charge in [-0.3, -0.25) is 10.2 Å². The van der Waals surface area contributed by atoms with E-state index in [0.717, 1.165) is 25.9 Å². The zero-order chi connectivity index (χ0) is 12.3. The summed E-state index contributed by atoms with van der Waals surface area (Å²) in [5.41, 5.74) is 2.81. The van der Waals surface area contributed by atoms with Crippen LogP contribution in [0.4, 0.5) is 4.39 Å². The zero-order valence-electron chi connectivity index (χ0n) is 9.38. The van der Waals surface area contributed by atoms with Crippen molar-refractivity contribution in [2.75, 3.05) is 13.1 Å². The number of hydrazine groups is 1. The van der Waals surface area contributed by atoms with Gasteiger partial charge in [-0.1, -0.05) is 12.5 Å². The van der Waals surface area contributed by atoms with Gasteiger partial charge in [0.2, 0.25) is 0 Å². The van der Waals surface area contributed by atoms with Crippen LogP contribution in [0.1, 0.15) is 29.6 Å². The highest BCUT2D eigenvalue weighted by molar-refractivity contribution is 9.10. The number of nitrogens with one attached hydrogen (secondary N) is 1. The number of rotatable bonds is 2. The lowest BCUT2D eigenvalue weighted by molar-refractivity contribution is 0.0745. The molecule has 0 bridgehead atoms. The maximum Gasteiger partial charge on any atom is 0.269 e. The summed E-state index contributed by atoms with van der Waals surface area (Å²) >= 11 is 3.19. The monoisotopic (exact) mass is 300 g/mol. The third-order valence-corrected chi connectivity index (χ3v) is 3.47. The van der Waals surface area contributed by atoms with E-state index in [9.17, 15) is 9.18 Å². The van der Waals surface area contributed by atoms with Gasteiger partial charge in [-0.2, -0.15) is 0 Å². The van der Waals surface area contributed by atoms with Gasteiger partial charge in [0.05, 0.1) is 5.56 Å². The first-order chi connectivity index (χ1) is 8.18.